The number of sulfonamides is 1. The molecule has 0 saturated heterocycles. The highest BCUT2D eigenvalue weighted by atomic mass is 32.2. The highest BCUT2D eigenvalue weighted by Crippen LogP contribution is 2.34. The van der Waals surface area contributed by atoms with Crippen LogP contribution in [-0.2, 0) is 32.8 Å². The molecule has 0 aliphatic carbocycles. The maximum Gasteiger partial charge on any atom is 0.268 e. The summed E-state index contributed by atoms with van der Waals surface area (Å²) in [5, 5.41) is 4.25. The lowest BCUT2D eigenvalue weighted by atomic mass is 10.2. The van der Waals surface area contributed by atoms with E-state index in [9.17, 15) is 16.8 Å². The molecule has 3 rings (SSSR count). The van der Waals surface area contributed by atoms with Crippen molar-refractivity contribution >= 4 is 25.5 Å². The first-order valence-electron chi connectivity index (χ1n) is 7.93. The first-order valence-corrected chi connectivity index (χ1v) is 11.4. The Labute approximate surface area is 148 Å². The number of nitrogens with zero attached hydrogens (tertiary/aromatic N) is 3. The molecule has 1 aliphatic heterocycles. The van der Waals surface area contributed by atoms with Gasteiger partial charge in [-0.2, -0.15) is 5.10 Å². The third-order valence-electron chi connectivity index (χ3n) is 4.38. The minimum Gasteiger partial charge on any atom is -0.267 e. The van der Waals surface area contributed by atoms with E-state index in [1.807, 2.05) is 18.2 Å². The summed E-state index contributed by atoms with van der Waals surface area (Å²) in [7, 11) is -6.90. The highest BCUT2D eigenvalue weighted by molar-refractivity contribution is 7.93. The summed E-state index contributed by atoms with van der Waals surface area (Å²) >= 11 is 0. The molecular weight excluding hydrogens is 362 g/mol. The molecule has 2 heterocycles. The molecule has 1 aromatic carbocycles. The number of anilines is 1. The second kappa shape index (κ2) is 6.14. The van der Waals surface area contributed by atoms with Crippen molar-refractivity contribution in [3.05, 3.63) is 41.2 Å². The van der Waals surface area contributed by atoms with E-state index in [0.717, 1.165) is 11.8 Å². The highest BCUT2D eigenvalue weighted by Gasteiger charge is 2.34. The van der Waals surface area contributed by atoms with Crippen LogP contribution < -0.4 is 4.31 Å². The van der Waals surface area contributed by atoms with E-state index in [1.54, 1.807) is 19.9 Å². The number of benzene rings is 1. The van der Waals surface area contributed by atoms with E-state index in [4.69, 9.17) is 0 Å². The van der Waals surface area contributed by atoms with Crippen molar-refractivity contribution < 1.29 is 16.8 Å². The molecule has 25 heavy (non-hydrogen) atoms. The first-order chi connectivity index (χ1) is 11.6. The molecule has 7 nitrogen and oxygen atoms in total. The maximum atomic E-state index is 13.2. The lowest BCUT2D eigenvalue weighted by Crippen LogP contribution is -2.30. The van der Waals surface area contributed by atoms with Crippen LogP contribution in [0.1, 0.15) is 17.0 Å². The number of hydrogen-bond acceptors (Lipinski definition) is 5. The average molecular weight is 383 g/mol. The van der Waals surface area contributed by atoms with Gasteiger partial charge in [0.15, 0.2) is 0 Å². The molecule has 0 amide bonds. The molecular formula is C16H21N3O4S2. The number of para-hydroxylation sites is 1. The summed E-state index contributed by atoms with van der Waals surface area (Å²) in [5.74, 6) is -0.0823. The monoisotopic (exact) mass is 383 g/mol. The smallest absolute Gasteiger partial charge is 0.267 e. The van der Waals surface area contributed by atoms with Crippen LogP contribution in [-0.4, -0.2) is 45.2 Å². The molecule has 1 aliphatic rings. The predicted octanol–water partition coefficient (Wildman–Crippen LogP) is 1.30. The second-order valence-electron chi connectivity index (χ2n) is 6.31. The Morgan fingerprint density at radius 1 is 1.12 bits per heavy atom. The van der Waals surface area contributed by atoms with Gasteiger partial charge < -0.3 is 0 Å². The fourth-order valence-corrected chi connectivity index (χ4v) is 5.58. The predicted molar refractivity (Wildman–Crippen MR) is 96.1 cm³/mol. The number of fused-ring (bicyclic) bond motifs is 1. The van der Waals surface area contributed by atoms with Crippen LogP contribution in [0, 0.1) is 13.8 Å². The summed E-state index contributed by atoms with van der Waals surface area (Å²) in [4.78, 5) is 0.165. The normalized spacial score (nSPS) is 14.8. The second-order valence-corrected chi connectivity index (χ2v) is 10.4. The Balaban J connectivity index is 2.00. The van der Waals surface area contributed by atoms with Crippen molar-refractivity contribution in [2.75, 3.05) is 22.9 Å². The van der Waals surface area contributed by atoms with Gasteiger partial charge in [-0.05, 0) is 31.9 Å². The van der Waals surface area contributed by atoms with Gasteiger partial charge in [-0.15, -0.1) is 0 Å². The number of sulfone groups is 1. The fourth-order valence-electron chi connectivity index (χ4n) is 3.19. The minimum absolute atomic E-state index is 0.0823. The maximum absolute atomic E-state index is 13.2. The zero-order valence-electron chi connectivity index (χ0n) is 14.4. The zero-order chi connectivity index (χ0) is 18.4. The zero-order valence-corrected chi connectivity index (χ0v) is 16.1. The van der Waals surface area contributed by atoms with Gasteiger partial charge in [-0.3, -0.25) is 8.99 Å². The van der Waals surface area contributed by atoms with Gasteiger partial charge in [0.05, 0.1) is 29.4 Å². The van der Waals surface area contributed by atoms with Crippen molar-refractivity contribution in [3.63, 3.8) is 0 Å². The van der Waals surface area contributed by atoms with Crippen molar-refractivity contribution in [2.45, 2.75) is 31.7 Å². The molecule has 136 valence electrons. The Hall–Kier alpha value is -1.87. The number of aryl methyl sites for hydroxylation is 2. The van der Waals surface area contributed by atoms with Crippen LogP contribution >= 0.6 is 0 Å². The van der Waals surface area contributed by atoms with E-state index in [2.05, 4.69) is 5.10 Å². The average Bonchev–Trinajstić information content (AvgIpc) is 3.06. The molecule has 2 aromatic rings. The fraction of sp³-hybridized carbons (Fsp3) is 0.438. The Morgan fingerprint density at radius 2 is 1.80 bits per heavy atom. The van der Waals surface area contributed by atoms with Crippen molar-refractivity contribution in [1.82, 2.24) is 9.78 Å². The molecule has 0 radical (unpaired) electrons. The summed E-state index contributed by atoms with van der Waals surface area (Å²) < 4.78 is 52.1. The number of rotatable bonds is 5. The lowest BCUT2D eigenvalue weighted by molar-refractivity contribution is 0.580. The van der Waals surface area contributed by atoms with Gasteiger partial charge >= 0.3 is 0 Å². The van der Waals surface area contributed by atoms with E-state index in [0.29, 0.717) is 30.0 Å². The van der Waals surface area contributed by atoms with Crippen molar-refractivity contribution in [3.8, 4) is 0 Å². The molecule has 0 bridgehead atoms. The standard InChI is InChI=1S/C16H21N3O4S2/c1-12-16(13(2)18(17-12)10-11-24(3,20)21)25(22,23)19-9-8-14-6-4-5-7-15(14)19/h4-7H,8-11H2,1-3H3. The van der Waals surface area contributed by atoms with E-state index in [1.165, 1.54) is 8.99 Å². The van der Waals surface area contributed by atoms with Crippen molar-refractivity contribution in [2.24, 2.45) is 0 Å². The largest absolute Gasteiger partial charge is 0.268 e. The van der Waals surface area contributed by atoms with Crippen LogP contribution in [0.25, 0.3) is 0 Å². The van der Waals surface area contributed by atoms with Gasteiger partial charge in [0, 0.05) is 12.8 Å². The lowest BCUT2D eigenvalue weighted by Gasteiger charge is -2.19. The van der Waals surface area contributed by atoms with E-state index < -0.39 is 19.9 Å². The number of aromatic nitrogens is 2. The van der Waals surface area contributed by atoms with E-state index in [-0.39, 0.29) is 17.2 Å². The molecule has 9 heteroatoms. The Morgan fingerprint density at radius 3 is 2.48 bits per heavy atom. The molecule has 0 spiro atoms. The van der Waals surface area contributed by atoms with Crippen LogP contribution in [0.5, 0.6) is 0 Å². The molecule has 0 atom stereocenters. The van der Waals surface area contributed by atoms with Gasteiger partial charge in [0.25, 0.3) is 10.0 Å². The molecule has 0 unspecified atom stereocenters. The Kier molecular flexibility index (Phi) is 4.40. The Bertz CT molecular complexity index is 1020. The quantitative estimate of drug-likeness (QED) is 0.776. The van der Waals surface area contributed by atoms with Crippen molar-refractivity contribution in [1.29, 1.82) is 0 Å². The minimum atomic E-state index is -3.75. The van der Waals surface area contributed by atoms with Gasteiger partial charge in [0.1, 0.15) is 14.7 Å². The summed E-state index contributed by atoms with van der Waals surface area (Å²) in [5.41, 5.74) is 2.55. The van der Waals surface area contributed by atoms with Gasteiger partial charge in [0.2, 0.25) is 0 Å². The van der Waals surface area contributed by atoms with Crippen LogP contribution in [0.2, 0.25) is 0 Å². The summed E-state index contributed by atoms with van der Waals surface area (Å²) in [6.45, 7) is 3.84. The third-order valence-corrected chi connectivity index (χ3v) is 7.37. The van der Waals surface area contributed by atoms with Crippen LogP contribution in [0.15, 0.2) is 29.2 Å². The first kappa shape index (κ1) is 17.9. The number of hydrogen-bond donors (Lipinski definition) is 0. The van der Waals surface area contributed by atoms with Gasteiger partial charge in [-0.25, -0.2) is 16.8 Å². The SMILES string of the molecule is Cc1nn(CCS(C)(=O)=O)c(C)c1S(=O)(=O)N1CCc2ccccc21. The molecule has 0 saturated carbocycles. The van der Waals surface area contributed by atoms with E-state index >= 15 is 0 Å². The molecule has 0 fully saturated rings. The van der Waals surface area contributed by atoms with Crippen LogP contribution in [0.4, 0.5) is 5.69 Å². The third kappa shape index (κ3) is 3.30. The topological polar surface area (TPSA) is 89.3 Å². The molecule has 0 N–H and O–H groups in total. The molecule has 1 aromatic heterocycles. The van der Waals surface area contributed by atoms with Crippen LogP contribution in [0.3, 0.4) is 0 Å². The van der Waals surface area contributed by atoms with Gasteiger partial charge in [-0.1, -0.05) is 18.2 Å². The summed E-state index contributed by atoms with van der Waals surface area (Å²) in [6, 6.07) is 7.45. The summed E-state index contributed by atoms with van der Waals surface area (Å²) in [6.07, 6.45) is 1.83.